The quantitative estimate of drug-likeness (QED) is 0.407. The minimum atomic E-state index is -0.281. The molecule has 8 heteroatoms. The van der Waals surface area contributed by atoms with Gasteiger partial charge in [-0.15, -0.1) is 0 Å². The SMILES string of the molecule is CC(=O)OCC1CN(c2nc3ccc(Cl)cc3s2)Cc2[nH]c3ccc(Cl)cc3c21. The molecule has 1 aliphatic rings. The second kappa shape index (κ2) is 7.20. The molecule has 0 amide bonds. The van der Waals surface area contributed by atoms with Gasteiger partial charge in [0, 0.05) is 46.0 Å². The Bertz CT molecular complexity index is 1250. The largest absolute Gasteiger partial charge is 0.465 e. The lowest BCUT2D eigenvalue weighted by atomic mass is 9.92. The molecule has 0 fully saturated rings. The summed E-state index contributed by atoms with van der Waals surface area (Å²) >= 11 is 14.0. The molecular formula is C21H17Cl2N3O2S. The third kappa shape index (κ3) is 3.45. The fourth-order valence-corrected chi connectivity index (χ4v) is 5.39. The molecule has 0 radical (unpaired) electrons. The molecular weight excluding hydrogens is 429 g/mol. The topological polar surface area (TPSA) is 58.2 Å². The van der Waals surface area contributed by atoms with Crippen molar-refractivity contribution in [3.63, 3.8) is 0 Å². The number of rotatable bonds is 3. The number of hydrogen-bond donors (Lipinski definition) is 1. The van der Waals surface area contributed by atoms with Gasteiger partial charge in [0.15, 0.2) is 5.13 Å². The van der Waals surface area contributed by atoms with Crippen LogP contribution in [0.2, 0.25) is 10.0 Å². The highest BCUT2D eigenvalue weighted by Gasteiger charge is 2.31. The number of carbonyl (C=O) groups is 1. The molecule has 2 aromatic carbocycles. The average molecular weight is 446 g/mol. The van der Waals surface area contributed by atoms with Gasteiger partial charge in [0.25, 0.3) is 0 Å². The molecule has 148 valence electrons. The highest BCUT2D eigenvalue weighted by atomic mass is 35.5. The number of benzene rings is 2. The van der Waals surface area contributed by atoms with Gasteiger partial charge in [0.1, 0.15) is 0 Å². The van der Waals surface area contributed by atoms with Crippen LogP contribution in [0.4, 0.5) is 5.13 Å². The Hall–Kier alpha value is -2.28. The van der Waals surface area contributed by atoms with Crippen molar-refractivity contribution in [3.05, 3.63) is 57.7 Å². The van der Waals surface area contributed by atoms with Crippen LogP contribution in [0.3, 0.4) is 0 Å². The standard InChI is InChI=1S/C21H17Cl2N3O2S/c1-11(27)28-10-12-8-26(21-25-17-5-3-14(23)7-19(17)29-21)9-18-20(12)15-6-13(22)2-4-16(15)24-18/h2-7,12,24H,8-10H2,1H3. The van der Waals surface area contributed by atoms with Crippen LogP contribution in [0.5, 0.6) is 0 Å². The van der Waals surface area contributed by atoms with Crippen LogP contribution in [0.15, 0.2) is 36.4 Å². The fourth-order valence-electron chi connectivity index (χ4n) is 3.97. The average Bonchev–Trinajstić information content (AvgIpc) is 3.26. The van der Waals surface area contributed by atoms with Gasteiger partial charge in [-0.05, 0) is 42.0 Å². The second-order valence-electron chi connectivity index (χ2n) is 7.20. The Morgan fingerprint density at radius 1 is 1.28 bits per heavy atom. The molecule has 0 bridgehead atoms. The van der Waals surface area contributed by atoms with Crippen LogP contribution in [0.25, 0.3) is 21.1 Å². The van der Waals surface area contributed by atoms with Crippen molar-refractivity contribution in [1.82, 2.24) is 9.97 Å². The lowest BCUT2D eigenvalue weighted by molar-refractivity contribution is -0.141. The van der Waals surface area contributed by atoms with Gasteiger partial charge >= 0.3 is 5.97 Å². The lowest BCUT2D eigenvalue weighted by Gasteiger charge is -2.32. The second-order valence-corrected chi connectivity index (χ2v) is 9.08. The number of aromatic nitrogens is 2. The molecule has 0 aliphatic carbocycles. The highest BCUT2D eigenvalue weighted by Crippen LogP contribution is 2.40. The van der Waals surface area contributed by atoms with Crippen molar-refractivity contribution >= 4 is 66.8 Å². The van der Waals surface area contributed by atoms with Gasteiger partial charge in [-0.3, -0.25) is 4.79 Å². The number of ether oxygens (including phenoxy) is 1. The third-order valence-electron chi connectivity index (χ3n) is 5.18. The number of thiazole rings is 1. The zero-order valence-electron chi connectivity index (χ0n) is 15.5. The number of anilines is 1. The Morgan fingerprint density at radius 3 is 2.90 bits per heavy atom. The number of halogens is 2. The van der Waals surface area contributed by atoms with E-state index >= 15 is 0 Å². The number of esters is 1. The van der Waals surface area contributed by atoms with Crippen molar-refractivity contribution in [2.24, 2.45) is 0 Å². The summed E-state index contributed by atoms with van der Waals surface area (Å²) in [5.74, 6) is -0.262. The van der Waals surface area contributed by atoms with Gasteiger partial charge in [0.05, 0.1) is 23.4 Å². The van der Waals surface area contributed by atoms with Crippen LogP contribution >= 0.6 is 34.5 Å². The molecule has 1 atom stereocenters. The zero-order chi connectivity index (χ0) is 20.1. The first-order valence-corrected chi connectivity index (χ1v) is 10.8. The maximum absolute atomic E-state index is 11.5. The Morgan fingerprint density at radius 2 is 2.07 bits per heavy atom. The summed E-state index contributed by atoms with van der Waals surface area (Å²) in [5.41, 5.74) is 4.23. The number of aromatic amines is 1. The Kier molecular flexibility index (Phi) is 4.65. The van der Waals surface area contributed by atoms with Crippen LogP contribution < -0.4 is 4.90 Å². The Labute approximate surface area is 181 Å². The molecule has 1 aliphatic heterocycles. The summed E-state index contributed by atoms with van der Waals surface area (Å²) in [6.45, 7) is 3.15. The molecule has 0 saturated carbocycles. The first-order chi connectivity index (χ1) is 14.0. The maximum Gasteiger partial charge on any atom is 0.302 e. The normalized spacial score (nSPS) is 16.4. The molecule has 0 saturated heterocycles. The van der Waals surface area contributed by atoms with E-state index in [2.05, 4.69) is 9.88 Å². The van der Waals surface area contributed by atoms with Crippen LogP contribution in [-0.2, 0) is 16.1 Å². The molecule has 0 spiro atoms. The zero-order valence-corrected chi connectivity index (χ0v) is 17.9. The van der Waals surface area contributed by atoms with E-state index in [-0.39, 0.29) is 11.9 Å². The van der Waals surface area contributed by atoms with E-state index in [4.69, 9.17) is 32.9 Å². The van der Waals surface area contributed by atoms with Crippen LogP contribution in [0, 0.1) is 0 Å². The van der Waals surface area contributed by atoms with Gasteiger partial charge < -0.3 is 14.6 Å². The summed E-state index contributed by atoms with van der Waals surface area (Å²) in [4.78, 5) is 22.0. The van der Waals surface area contributed by atoms with E-state index in [0.717, 1.165) is 31.9 Å². The molecule has 5 nitrogen and oxygen atoms in total. The summed E-state index contributed by atoms with van der Waals surface area (Å²) < 4.78 is 6.45. The van der Waals surface area contributed by atoms with Crippen molar-refractivity contribution in [2.45, 2.75) is 19.4 Å². The minimum Gasteiger partial charge on any atom is -0.465 e. The number of fused-ring (bicyclic) bond motifs is 4. The molecule has 29 heavy (non-hydrogen) atoms. The monoisotopic (exact) mass is 445 g/mol. The molecule has 1 N–H and O–H groups in total. The van der Waals surface area contributed by atoms with E-state index < -0.39 is 0 Å². The van der Waals surface area contributed by atoms with Gasteiger partial charge in [-0.25, -0.2) is 4.98 Å². The smallest absolute Gasteiger partial charge is 0.302 e. The number of H-pyrrole nitrogens is 1. The van der Waals surface area contributed by atoms with Crippen molar-refractivity contribution < 1.29 is 9.53 Å². The maximum atomic E-state index is 11.5. The first kappa shape index (κ1) is 18.7. The molecule has 2 aromatic heterocycles. The lowest BCUT2D eigenvalue weighted by Crippen LogP contribution is -2.35. The van der Waals surface area contributed by atoms with Gasteiger partial charge in [-0.1, -0.05) is 34.5 Å². The van der Waals surface area contributed by atoms with Gasteiger partial charge in [0.2, 0.25) is 0 Å². The fraction of sp³-hybridized carbons (Fsp3) is 0.238. The molecule has 4 aromatic rings. The van der Waals surface area contributed by atoms with Crippen LogP contribution in [0.1, 0.15) is 24.1 Å². The number of carbonyl (C=O) groups excluding carboxylic acids is 1. The number of nitrogens with one attached hydrogen (secondary N) is 1. The summed E-state index contributed by atoms with van der Waals surface area (Å²) in [6, 6.07) is 11.6. The summed E-state index contributed by atoms with van der Waals surface area (Å²) in [6.07, 6.45) is 0. The molecule has 5 rings (SSSR count). The van der Waals surface area contributed by atoms with E-state index in [1.165, 1.54) is 12.5 Å². The van der Waals surface area contributed by atoms with Crippen LogP contribution in [-0.4, -0.2) is 29.1 Å². The van der Waals surface area contributed by atoms with Crippen molar-refractivity contribution in [3.8, 4) is 0 Å². The summed E-state index contributed by atoms with van der Waals surface area (Å²) in [7, 11) is 0. The van der Waals surface area contributed by atoms with E-state index in [9.17, 15) is 4.79 Å². The van der Waals surface area contributed by atoms with Gasteiger partial charge in [-0.2, -0.15) is 0 Å². The molecule has 1 unspecified atom stereocenters. The summed E-state index contributed by atoms with van der Waals surface area (Å²) in [5, 5.41) is 3.41. The van der Waals surface area contributed by atoms with E-state index in [1.807, 2.05) is 36.4 Å². The van der Waals surface area contributed by atoms with E-state index in [0.29, 0.717) is 29.7 Å². The number of hydrogen-bond acceptors (Lipinski definition) is 5. The number of nitrogens with zero attached hydrogens (tertiary/aromatic N) is 2. The van der Waals surface area contributed by atoms with E-state index in [1.54, 1.807) is 11.3 Å². The predicted molar refractivity (Wildman–Crippen MR) is 118 cm³/mol. The molecule has 3 heterocycles. The van der Waals surface area contributed by atoms with Crippen molar-refractivity contribution in [2.75, 3.05) is 18.1 Å². The highest BCUT2D eigenvalue weighted by molar-refractivity contribution is 7.22. The predicted octanol–water partition coefficient (Wildman–Crippen LogP) is 5.75. The first-order valence-electron chi connectivity index (χ1n) is 9.22. The Balaban J connectivity index is 1.57. The minimum absolute atomic E-state index is 0.0190. The van der Waals surface area contributed by atoms with Crippen molar-refractivity contribution in [1.29, 1.82) is 0 Å². The third-order valence-corrected chi connectivity index (χ3v) is 6.73.